The van der Waals surface area contributed by atoms with Crippen molar-refractivity contribution in [3.05, 3.63) is 54.9 Å². The highest BCUT2D eigenvalue weighted by molar-refractivity contribution is 5.78. The molecule has 0 fully saturated rings. The van der Waals surface area contributed by atoms with E-state index in [9.17, 15) is 0 Å². The Morgan fingerprint density at radius 1 is 1.00 bits per heavy atom. The van der Waals surface area contributed by atoms with Crippen molar-refractivity contribution < 1.29 is 0 Å². The van der Waals surface area contributed by atoms with Crippen molar-refractivity contribution in [3.63, 3.8) is 0 Å². The third kappa shape index (κ3) is 1.62. The van der Waals surface area contributed by atoms with Crippen LogP contribution in [-0.2, 0) is 0 Å². The van der Waals surface area contributed by atoms with E-state index in [2.05, 4.69) is 34.2 Å². The van der Waals surface area contributed by atoms with Gasteiger partial charge in [0.15, 0.2) is 0 Å². The van der Waals surface area contributed by atoms with Gasteiger partial charge in [0.25, 0.3) is 0 Å². The van der Waals surface area contributed by atoms with Crippen LogP contribution < -0.4 is 0 Å². The van der Waals surface area contributed by atoms with Gasteiger partial charge in [0.2, 0.25) is 0 Å². The molecule has 2 nitrogen and oxygen atoms in total. The maximum absolute atomic E-state index is 3.95. The maximum Gasteiger partial charge on any atom is 0.0710 e. The van der Waals surface area contributed by atoms with E-state index < -0.39 is 0 Å². The second-order valence-electron chi connectivity index (χ2n) is 3.49. The first-order valence-electron chi connectivity index (χ1n) is 4.92. The standard InChI is InChI=1S/C8H7N.C5H3N/c1-2-4-8-7(3-1)5-6-9-8;1-2-6-5-3-4(1)5/h1-6,9H;1-3H. The van der Waals surface area contributed by atoms with Gasteiger partial charge in [-0.1, -0.05) is 18.2 Å². The zero-order valence-corrected chi connectivity index (χ0v) is 8.14. The lowest BCUT2D eigenvalue weighted by atomic mass is 10.3. The molecule has 0 saturated heterocycles. The Kier molecular flexibility index (Phi) is 1.78. The minimum atomic E-state index is 1.18. The van der Waals surface area contributed by atoms with Crippen LogP contribution in [0.25, 0.3) is 22.2 Å². The predicted molar refractivity (Wildman–Crippen MR) is 61.5 cm³/mol. The van der Waals surface area contributed by atoms with Crippen LogP contribution in [0, 0.1) is 0 Å². The van der Waals surface area contributed by atoms with Crippen LogP contribution in [-0.4, -0.2) is 9.97 Å². The van der Waals surface area contributed by atoms with E-state index in [0.717, 1.165) is 0 Å². The largest absolute Gasteiger partial charge is 0.361 e. The monoisotopic (exact) mass is 194 g/mol. The quantitative estimate of drug-likeness (QED) is 0.457. The van der Waals surface area contributed by atoms with Gasteiger partial charge >= 0.3 is 0 Å². The number of para-hydroxylation sites is 1. The summed E-state index contributed by atoms with van der Waals surface area (Å²) < 4.78 is 0. The smallest absolute Gasteiger partial charge is 0.0710 e. The van der Waals surface area contributed by atoms with Gasteiger partial charge in [-0.05, 0) is 29.7 Å². The Balaban J connectivity index is 0.000000104. The van der Waals surface area contributed by atoms with Gasteiger partial charge in [0.05, 0.1) is 5.69 Å². The Hall–Kier alpha value is -2.09. The van der Waals surface area contributed by atoms with Gasteiger partial charge < -0.3 is 4.98 Å². The lowest BCUT2D eigenvalue weighted by Crippen LogP contribution is -1.61. The number of aromatic nitrogens is 2. The van der Waals surface area contributed by atoms with Crippen LogP contribution in [0.5, 0.6) is 0 Å². The molecule has 0 unspecified atom stereocenters. The predicted octanol–water partition coefficient (Wildman–Crippen LogP) is 3.23. The molecule has 0 saturated carbocycles. The number of rotatable bonds is 0. The molecular formula is C13H10N2. The summed E-state index contributed by atoms with van der Waals surface area (Å²) in [4.78, 5) is 7.07. The Morgan fingerprint density at radius 2 is 1.93 bits per heavy atom. The van der Waals surface area contributed by atoms with Crippen LogP contribution in [0.4, 0.5) is 0 Å². The molecule has 0 amide bonds. The highest BCUT2D eigenvalue weighted by Gasteiger charge is 2.09. The number of hydrogen-bond donors (Lipinski definition) is 1. The molecule has 2 aliphatic rings. The van der Waals surface area contributed by atoms with Crippen LogP contribution in [0.3, 0.4) is 0 Å². The number of pyridine rings is 1. The average molecular weight is 194 g/mol. The van der Waals surface area contributed by atoms with Crippen molar-refractivity contribution in [1.82, 2.24) is 9.97 Å². The second kappa shape index (κ2) is 3.24. The number of H-pyrrole nitrogens is 1. The Morgan fingerprint density at radius 3 is 2.53 bits per heavy atom. The van der Waals surface area contributed by atoms with E-state index in [1.807, 2.05) is 30.6 Å². The molecule has 72 valence electrons. The molecule has 2 heteroatoms. The van der Waals surface area contributed by atoms with Gasteiger partial charge in [0, 0.05) is 23.5 Å². The summed E-state index contributed by atoms with van der Waals surface area (Å²) in [5, 5.41) is 1.28. The Bertz CT molecular complexity index is 549. The number of fused-ring (bicyclic) bond motifs is 2. The van der Waals surface area contributed by atoms with Gasteiger partial charge in [0.1, 0.15) is 0 Å². The van der Waals surface area contributed by atoms with E-state index in [1.54, 1.807) is 0 Å². The van der Waals surface area contributed by atoms with Crippen molar-refractivity contribution in [3.8, 4) is 11.3 Å². The molecule has 15 heavy (non-hydrogen) atoms. The van der Waals surface area contributed by atoms with Crippen molar-refractivity contribution in [2.45, 2.75) is 0 Å². The summed E-state index contributed by atoms with van der Waals surface area (Å²) in [6.07, 6.45) is 3.77. The van der Waals surface area contributed by atoms with Crippen molar-refractivity contribution in [1.29, 1.82) is 0 Å². The van der Waals surface area contributed by atoms with E-state index in [0.29, 0.717) is 0 Å². The molecule has 2 heterocycles. The van der Waals surface area contributed by atoms with E-state index in [1.165, 1.54) is 22.2 Å². The first-order chi connectivity index (χ1) is 7.43. The number of benzene rings is 1. The molecule has 0 bridgehead atoms. The second-order valence-corrected chi connectivity index (χ2v) is 3.49. The van der Waals surface area contributed by atoms with Gasteiger partial charge in [-0.25, -0.2) is 0 Å². The summed E-state index contributed by atoms with van der Waals surface area (Å²) >= 11 is 0. The number of nitrogens with one attached hydrogen (secondary N) is 1. The third-order valence-electron chi connectivity index (χ3n) is 2.43. The summed E-state index contributed by atoms with van der Waals surface area (Å²) in [6.45, 7) is 0. The molecule has 4 rings (SSSR count). The number of hydrogen-bond acceptors (Lipinski definition) is 1. The van der Waals surface area contributed by atoms with E-state index in [4.69, 9.17) is 0 Å². The summed E-state index contributed by atoms with van der Waals surface area (Å²) in [6, 6.07) is 14.3. The fourth-order valence-corrected chi connectivity index (χ4v) is 1.55. The summed E-state index contributed by atoms with van der Waals surface area (Å²) in [5.74, 6) is 0. The lowest BCUT2D eigenvalue weighted by molar-refractivity contribution is 1.45. The molecule has 2 aromatic rings. The summed E-state index contributed by atoms with van der Waals surface area (Å²) in [7, 11) is 0. The zero-order chi connectivity index (χ0) is 10.1. The molecule has 1 aromatic carbocycles. The SMILES string of the molecule is c1cc2cc-2n1.c1ccc2[nH]ccc2c1. The minimum absolute atomic E-state index is 1.18. The minimum Gasteiger partial charge on any atom is -0.361 e. The lowest BCUT2D eigenvalue weighted by Gasteiger charge is -1.83. The van der Waals surface area contributed by atoms with Crippen molar-refractivity contribution in [2.75, 3.05) is 0 Å². The van der Waals surface area contributed by atoms with Gasteiger partial charge in [-0.15, -0.1) is 0 Å². The Labute approximate surface area is 87.6 Å². The van der Waals surface area contributed by atoms with Gasteiger partial charge in [-0.3, -0.25) is 4.98 Å². The highest BCUT2D eigenvalue weighted by atomic mass is 14.7. The molecule has 0 spiro atoms. The van der Waals surface area contributed by atoms with Crippen LogP contribution >= 0.6 is 0 Å². The fraction of sp³-hybridized carbons (Fsp3) is 0. The number of nitrogens with zero attached hydrogens (tertiary/aromatic N) is 1. The number of aromatic amines is 1. The van der Waals surface area contributed by atoms with Crippen LogP contribution in [0.15, 0.2) is 54.9 Å². The van der Waals surface area contributed by atoms with Crippen LogP contribution in [0.1, 0.15) is 0 Å². The summed E-state index contributed by atoms with van der Waals surface area (Å²) in [5.41, 5.74) is 3.70. The van der Waals surface area contributed by atoms with Crippen molar-refractivity contribution in [2.24, 2.45) is 0 Å². The van der Waals surface area contributed by atoms with Crippen molar-refractivity contribution >= 4 is 10.9 Å². The molecule has 1 aliphatic carbocycles. The first-order valence-corrected chi connectivity index (χ1v) is 4.92. The molecule has 1 N–H and O–H groups in total. The van der Waals surface area contributed by atoms with Crippen LogP contribution in [0.2, 0.25) is 0 Å². The molecule has 1 aromatic heterocycles. The van der Waals surface area contributed by atoms with Gasteiger partial charge in [-0.2, -0.15) is 0 Å². The third-order valence-corrected chi connectivity index (χ3v) is 2.43. The first kappa shape index (κ1) is 8.24. The normalized spacial score (nSPS) is 10.7. The fourth-order valence-electron chi connectivity index (χ4n) is 1.55. The average Bonchev–Trinajstić information content (AvgIpc) is 2.73. The molecule has 0 radical (unpaired) electrons. The molecule has 0 atom stereocenters. The molecular weight excluding hydrogens is 184 g/mol. The zero-order valence-electron chi connectivity index (χ0n) is 8.14. The highest BCUT2D eigenvalue weighted by Crippen LogP contribution is 2.29. The maximum atomic E-state index is 3.95. The van der Waals surface area contributed by atoms with E-state index >= 15 is 0 Å². The van der Waals surface area contributed by atoms with E-state index in [-0.39, 0.29) is 0 Å². The molecule has 1 aliphatic heterocycles. The topological polar surface area (TPSA) is 28.7 Å².